The highest BCUT2D eigenvalue weighted by atomic mass is 79.9. The van der Waals surface area contributed by atoms with Crippen molar-refractivity contribution >= 4 is 32.9 Å². The summed E-state index contributed by atoms with van der Waals surface area (Å²) in [7, 11) is 1.62. The molecule has 78 valence electrons. The van der Waals surface area contributed by atoms with E-state index in [0.717, 1.165) is 0 Å². The van der Waals surface area contributed by atoms with Crippen molar-refractivity contribution in [2.45, 2.75) is 0 Å². The van der Waals surface area contributed by atoms with Gasteiger partial charge >= 0.3 is 11.7 Å². The molecule has 2 aromatic rings. The lowest BCUT2D eigenvalue weighted by molar-refractivity contribution is 0.0696. The number of aryl methyl sites for hydroxylation is 1. The molecule has 5 nitrogen and oxygen atoms in total. The van der Waals surface area contributed by atoms with Gasteiger partial charge < -0.3 is 10.1 Å². The summed E-state index contributed by atoms with van der Waals surface area (Å²) in [6, 6.07) is 3.04. The Labute approximate surface area is 92.5 Å². The molecule has 1 heterocycles. The predicted molar refractivity (Wildman–Crippen MR) is 58.2 cm³/mol. The van der Waals surface area contributed by atoms with Crippen LogP contribution >= 0.6 is 15.9 Å². The van der Waals surface area contributed by atoms with Gasteiger partial charge in [-0.1, -0.05) is 0 Å². The van der Waals surface area contributed by atoms with Crippen LogP contribution in [-0.2, 0) is 7.05 Å². The van der Waals surface area contributed by atoms with Crippen LogP contribution in [0.15, 0.2) is 21.4 Å². The minimum absolute atomic E-state index is 0.129. The SMILES string of the molecule is Cn1c(=O)[nH]c2cc(C(=O)O)c(Br)cc21. The molecule has 2 rings (SSSR count). The highest BCUT2D eigenvalue weighted by Crippen LogP contribution is 2.22. The van der Waals surface area contributed by atoms with Gasteiger partial charge in [0.15, 0.2) is 0 Å². The summed E-state index contributed by atoms with van der Waals surface area (Å²) in [6.45, 7) is 0. The number of rotatable bonds is 1. The van der Waals surface area contributed by atoms with Gasteiger partial charge in [0.05, 0.1) is 16.6 Å². The first-order valence-corrected chi connectivity index (χ1v) is 4.91. The van der Waals surface area contributed by atoms with E-state index >= 15 is 0 Å². The fourth-order valence-corrected chi connectivity index (χ4v) is 1.91. The van der Waals surface area contributed by atoms with E-state index < -0.39 is 5.97 Å². The van der Waals surface area contributed by atoms with Crippen molar-refractivity contribution in [3.05, 3.63) is 32.7 Å². The molecule has 6 heteroatoms. The first-order valence-electron chi connectivity index (χ1n) is 4.12. The fraction of sp³-hybridized carbons (Fsp3) is 0.111. The van der Waals surface area contributed by atoms with E-state index in [1.807, 2.05) is 0 Å². The number of aromatic nitrogens is 2. The first-order chi connectivity index (χ1) is 7.00. The van der Waals surface area contributed by atoms with E-state index in [4.69, 9.17) is 5.11 Å². The summed E-state index contributed by atoms with van der Waals surface area (Å²) in [5, 5.41) is 8.87. The summed E-state index contributed by atoms with van der Waals surface area (Å²) in [5.41, 5.74) is 1.05. The van der Waals surface area contributed by atoms with Crippen LogP contribution in [0.4, 0.5) is 0 Å². The third-order valence-corrected chi connectivity index (χ3v) is 2.88. The lowest BCUT2D eigenvalue weighted by atomic mass is 10.2. The van der Waals surface area contributed by atoms with Gasteiger partial charge in [0.25, 0.3) is 0 Å². The molecule has 0 saturated carbocycles. The second-order valence-electron chi connectivity index (χ2n) is 3.14. The monoisotopic (exact) mass is 270 g/mol. The number of carboxylic acid groups (broad SMARTS) is 1. The average Bonchev–Trinajstić information content (AvgIpc) is 2.43. The Morgan fingerprint density at radius 3 is 2.80 bits per heavy atom. The van der Waals surface area contributed by atoms with Crippen LogP contribution in [0.3, 0.4) is 0 Å². The zero-order valence-electron chi connectivity index (χ0n) is 7.74. The molecule has 0 unspecified atom stereocenters. The number of hydrogen-bond donors (Lipinski definition) is 2. The molecule has 0 aliphatic rings. The van der Waals surface area contributed by atoms with Crippen molar-refractivity contribution in [1.82, 2.24) is 9.55 Å². The third kappa shape index (κ3) is 1.46. The Balaban J connectivity index is 2.88. The van der Waals surface area contributed by atoms with Crippen molar-refractivity contribution in [1.29, 1.82) is 0 Å². The van der Waals surface area contributed by atoms with E-state index in [1.54, 1.807) is 13.1 Å². The molecule has 0 bridgehead atoms. The molecular formula is C9H7BrN2O3. The van der Waals surface area contributed by atoms with E-state index in [0.29, 0.717) is 15.5 Å². The van der Waals surface area contributed by atoms with Gasteiger partial charge in [0, 0.05) is 11.5 Å². The van der Waals surface area contributed by atoms with Crippen LogP contribution in [0.5, 0.6) is 0 Å². The Kier molecular flexibility index (Phi) is 2.15. The second kappa shape index (κ2) is 3.23. The lowest BCUT2D eigenvalue weighted by Gasteiger charge is -1.99. The van der Waals surface area contributed by atoms with Gasteiger partial charge in [-0.2, -0.15) is 0 Å². The van der Waals surface area contributed by atoms with Crippen LogP contribution in [-0.4, -0.2) is 20.6 Å². The van der Waals surface area contributed by atoms with Crippen LogP contribution in [0.1, 0.15) is 10.4 Å². The minimum atomic E-state index is -1.03. The largest absolute Gasteiger partial charge is 0.478 e. The van der Waals surface area contributed by atoms with Gasteiger partial charge in [-0.25, -0.2) is 9.59 Å². The van der Waals surface area contributed by atoms with E-state index in [2.05, 4.69) is 20.9 Å². The number of aromatic carboxylic acids is 1. The molecule has 1 aromatic carbocycles. The van der Waals surface area contributed by atoms with Crippen LogP contribution < -0.4 is 5.69 Å². The number of nitrogens with one attached hydrogen (secondary N) is 1. The van der Waals surface area contributed by atoms with Gasteiger partial charge in [0.2, 0.25) is 0 Å². The Hall–Kier alpha value is -1.56. The standard InChI is InChI=1S/C9H7BrN2O3/c1-12-7-3-5(10)4(8(13)14)2-6(7)11-9(12)15/h2-3H,1H3,(H,11,15)(H,13,14). The summed E-state index contributed by atoms with van der Waals surface area (Å²) >= 11 is 3.15. The maximum Gasteiger partial charge on any atom is 0.336 e. The summed E-state index contributed by atoms with van der Waals surface area (Å²) in [6.07, 6.45) is 0. The number of imidazole rings is 1. The van der Waals surface area contributed by atoms with Crippen LogP contribution in [0.25, 0.3) is 11.0 Å². The van der Waals surface area contributed by atoms with E-state index in [9.17, 15) is 9.59 Å². The average molecular weight is 271 g/mol. The molecule has 0 aliphatic carbocycles. The van der Waals surface area contributed by atoms with Crippen molar-refractivity contribution in [2.75, 3.05) is 0 Å². The molecule has 2 N–H and O–H groups in total. The van der Waals surface area contributed by atoms with Crippen LogP contribution in [0.2, 0.25) is 0 Å². The first kappa shape index (κ1) is 9.97. The molecule has 1 aromatic heterocycles. The van der Waals surface area contributed by atoms with Crippen molar-refractivity contribution in [2.24, 2.45) is 7.05 Å². The van der Waals surface area contributed by atoms with Gasteiger partial charge in [-0.05, 0) is 28.1 Å². The third-order valence-electron chi connectivity index (χ3n) is 2.22. The summed E-state index contributed by atoms with van der Waals surface area (Å²) in [4.78, 5) is 24.7. The van der Waals surface area contributed by atoms with E-state index in [1.165, 1.54) is 10.6 Å². The molecule has 0 aliphatic heterocycles. The molecular weight excluding hydrogens is 264 g/mol. The van der Waals surface area contributed by atoms with Crippen molar-refractivity contribution in [3.8, 4) is 0 Å². The maximum atomic E-state index is 11.3. The number of carboxylic acids is 1. The van der Waals surface area contributed by atoms with Crippen LogP contribution in [0, 0.1) is 0 Å². The zero-order valence-corrected chi connectivity index (χ0v) is 9.33. The normalized spacial score (nSPS) is 10.8. The number of H-pyrrole nitrogens is 1. The Morgan fingerprint density at radius 1 is 1.53 bits per heavy atom. The topological polar surface area (TPSA) is 75.1 Å². The smallest absolute Gasteiger partial charge is 0.336 e. The molecule has 0 saturated heterocycles. The zero-order chi connectivity index (χ0) is 11.2. The summed E-state index contributed by atoms with van der Waals surface area (Å²) in [5.74, 6) is -1.03. The van der Waals surface area contributed by atoms with Gasteiger partial charge in [-0.3, -0.25) is 4.57 Å². The number of benzene rings is 1. The second-order valence-corrected chi connectivity index (χ2v) is 4.00. The Bertz CT molecular complexity index is 612. The quantitative estimate of drug-likeness (QED) is 0.821. The fourth-order valence-electron chi connectivity index (χ4n) is 1.41. The molecule has 0 spiro atoms. The highest BCUT2D eigenvalue weighted by molar-refractivity contribution is 9.10. The predicted octanol–water partition coefficient (Wildman–Crippen LogP) is 1.33. The number of hydrogen-bond acceptors (Lipinski definition) is 2. The molecule has 0 atom stereocenters. The Morgan fingerprint density at radius 2 is 2.20 bits per heavy atom. The molecule has 0 amide bonds. The van der Waals surface area contributed by atoms with E-state index in [-0.39, 0.29) is 11.3 Å². The minimum Gasteiger partial charge on any atom is -0.478 e. The van der Waals surface area contributed by atoms with Gasteiger partial charge in [-0.15, -0.1) is 0 Å². The van der Waals surface area contributed by atoms with Gasteiger partial charge in [0.1, 0.15) is 0 Å². The highest BCUT2D eigenvalue weighted by Gasteiger charge is 2.12. The summed E-state index contributed by atoms with van der Waals surface area (Å²) < 4.78 is 1.88. The molecule has 0 radical (unpaired) electrons. The molecule has 15 heavy (non-hydrogen) atoms. The van der Waals surface area contributed by atoms with Crippen molar-refractivity contribution < 1.29 is 9.90 Å². The lowest BCUT2D eigenvalue weighted by Crippen LogP contribution is -2.11. The number of aromatic amines is 1. The maximum absolute atomic E-state index is 11.3. The molecule has 0 fully saturated rings. The van der Waals surface area contributed by atoms with Crippen molar-refractivity contribution in [3.63, 3.8) is 0 Å². The number of nitrogens with zero attached hydrogens (tertiary/aromatic N) is 1. The number of fused-ring (bicyclic) bond motifs is 1. The number of halogens is 1. The number of carbonyl (C=O) groups is 1.